The molecule has 3 rings (SSSR count). The van der Waals surface area contributed by atoms with Crippen LogP contribution in [-0.2, 0) is 19.4 Å². The number of hydrogen-bond donors (Lipinski definition) is 1. The van der Waals surface area contributed by atoms with E-state index in [1.54, 1.807) is 0 Å². The zero-order valence-electron chi connectivity index (χ0n) is 11.4. The molecule has 1 aromatic rings. The first kappa shape index (κ1) is 12.2. The summed E-state index contributed by atoms with van der Waals surface area (Å²) in [7, 11) is 0. The lowest BCUT2D eigenvalue weighted by Crippen LogP contribution is -2.17. The average molecular weight is 248 g/mol. The highest BCUT2D eigenvalue weighted by Gasteiger charge is 2.26. The quantitative estimate of drug-likeness (QED) is 0.893. The minimum atomic E-state index is -0.0512. The van der Waals surface area contributed by atoms with Crippen molar-refractivity contribution in [2.24, 2.45) is 5.92 Å². The number of aliphatic hydroxyl groups excluding tert-OH is 1. The minimum absolute atomic E-state index is 0.0512. The smallest absolute Gasteiger partial charge is 0.106 e. The Hall–Kier alpha value is -0.830. The maximum atomic E-state index is 9.90. The van der Waals surface area contributed by atoms with Gasteiger partial charge in [-0.05, 0) is 57.8 Å². The van der Waals surface area contributed by atoms with Gasteiger partial charge in [0.1, 0.15) is 5.82 Å². The molecule has 1 aromatic heterocycles. The first-order valence-corrected chi connectivity index (χ1v) is 7.48. The van der Waals surface area contributed by atoms with E-state index < -0.39 is 0 Å². The molecule has 18 heavy (non-hydrogen) atoms. The SMILES string of the molecule is Cc1nc2c(n1CCC1CCCC1O)CCCC2. The van der Waals surface area contributed by atoms with Crippen molar-refractivity contribution >= 4 is 0 Å². The number of fused-ring (bicyclic) bond motifs is 1. The third-order valence-corrected chi connectivity index (χ3v) is 4.77. The van der Waals surface area contributed by atoms with Crippen LogP contribution in [0.15, 0.2) is 0 Å². The van der Waals surface area contributed by atoms with E-state index in [4.69, 9.17) is 4.98 Å². The van der Waals surface area contributed by atoms with Crippen molar-refractivity contribution in [2.75, 3.05) is 0 Å². The topological polar surface area (TPSA) is 38.0 Å². The van der Waals surface area contributed by atoms with Gasteiger partial charge < -0.3 is 9.67 Å². The summed E-state index contributed by atoms with van der Waals surface area (Å²) in [5, 5.41) is 9.90. The largest absolute Gasteiger partial charge is 0.393 e. The number of aliphatic hydroxyl groups is 1. The molecule has 3 nitrogen and oxygen atoms in total. The molecule has 2 aliphatic carbocycles. The molecule has 0 amide bonds. The van der Waals surface area contributed by atoms with Crippen molar-refractivity contribution in [2.45, 2.75) is 70.9 Å². The molecule has 1 saturated carbocycles. The Morgan fingerprint density at radius 3 is 2.83 bits per heavy atom. The summed E-state index contributed by atoms with van der Waals surface area (Å²) in [6.45, 7) is 3.18. The molecule has 2 aliphatic rings. The molecule has 2 atom stereocenters. The molecule has 0 saturated heterocycles. The second kappa shape index (κ2) is 5.04. The van der Waals surface area contributed by atoms with Crippen LogP contribution >= 0.6 is 0 Å². The number of imidazole rings is 1. The first-order chi connectivity index (χ1) is 8.75. The van der Waals surface area contributed by atoms with E-state index in [0.29, 0.717) is 5.92 Å². The van der Waals surface area contributed by atoms with E-state index in [0.717, 1.165) is 25.8 Å². The Balaban J connectivity index is 1.70. The molecule has 3 heteroatoms. The van der Waals surface area contributed by atoms with E-state index in [-0.39, 0.29) is 6.10 Å². The summed E-state index contributed by atoms with van der Waals surface area (Å²) in [5.41, 5.74) is 2.82. The van der Waals surface area contributed by atoms with Crippen molar-refractivity contribution in [3.8, 4) is 0 Å². The molecule has 0 bridgehead atoms. The number of hydrogen-bond acceptors (Lipinski definition) is 2. The van der Waals surface area contributed by atoms with E-state index in [1.165, 1.54) is 49.3 Å². The van der Waals surface area contributed by atoms with Crippen LogP contribution in [0.1, 0.15) is 55.7 Å². The van der Waals surface area contributed by atoms with Gasteiger partial charge in [0, 0.05) is 12.2 Å². The monoisotopic (exact) mass is 248 g/mol. The summed E-state index contributed by atoms with van der Waals surface area (Å²) < 4.78 is 2.42. The molecule has 1 fully saturated rings. The summed E-state index contributed by atoms with van der Waals surface area (Å²) in [4.78, 5) is 4.72. The molecule has 0 spiro atoms. The van der Waals surface area contributed by atoms with E-state index in [1.807, 2.05) is 0 Å². The van der Waals surface area contributed by atoms with Crippen molar-refractivity contribution < 1.29 is 5.11 Å². The fourth-order valence-corrected chi connectivity index (χ4v) is 3.68. The highest BCUT2D eigenvalue weighted by molar-refractivity contribution is 5.19. The van der Waals surface area contributed by atoms with Gasteiger partial charge >= 0.3 is 0 Å². The zero-order valence-corrected chi connectivity index (χ0v) is 11.4. The van der Waals surface area contributed by atoms with Crippen LogP contribution in [0.5, 0.6) is 0 Å². The molecule has 100 valence electrons. The maximum absolute atomic E-state index is 9.90. The molecular formula is C15H24N2O. The lowest BCUT2D eigenvalue weighted by atomic mass is 9.99. The van der Waals surface area contributed by atoms with Crippen LogP contribution in [0, 0.1) is 12.8 Å². The van der Waals surface area contributed by atoms with Crippen LogP contribution in [0.25, 0.3) is 0 Å². The molecular weight excluding hydrogens is 224 g/mol. The van der Waals surface area contributed by atoms with E-state index in [2.05, 4.69) is 11.5 Å². The van der Waals surface area contributed by atoms with Gasteiger partial charge in [-0.2, -0.15) is 0 Å². The molecule has 0 radical (unpaired) electrons. The number of rotatable bonds is 3. The Kier molecular flexibility index (Phi) is 3.42. The van der Waals surface area contributed by atoms with Gasteiger partial charge in [0.15, 0.2) is 0 Å². The summed E-state index contributed by atoms with van der Waals surface area (Å²) in [5.74, 6) is 1.69. The number of nitrogens with zero attached hydrogens (tertiary/aromatic N) is 2. The Morgan fingerprint density at radius 2 is 2.06 bits per heavy atom. The van der Waals surface area contributed by atoms with Gasteiger partial charge in [-0.15, -0.1) is 0 Å². The third kappa shape index (κ3) is 2.20. The fraction of sp³-hybridized carbons (Fsp3) is 0.800. The zero-order chi connectivity index (χ0) is 12.5. The summed E-state index contributed by atoms with van der Waals surface area (Å²) in [6.07, 6.45) is 9.44. The van der Waals surface area contributed by atoms with Crippen LogP contribution < -0.4 is 0 Å². The van der Waals surface area contributed by atoms with Crippen LogP contribution in [-0.4, -0.2) is 20.8 Å². The third-order valence-electron chi connectivity index (χ3n) is 4.77. The van der Waals surface area contributed by atoms with Crippen LogP contribution in [0.4, 0.5) is 0 Å². The van der Waals surface area contributed by atoms with Crippen molar-refractivity contribution in [1.82, 2.24) is 9.55 Å². The fourth-order valence-electron chi connectivity index (χ4n) is 3.68. The summed E-state index contributed by atoms with van der Waals surface area (Å²) in [6, 6.07) is 0. The normalized spacial score (nSPS) is 27.4. The van der Waals surface area contributed by atoms with Gasteiger partial charge in [-0.25, -0.2) is 4.98 Å². The molecule has 1 N–H and O–H groups in total. The van der Waals surface area contributed by atoms with Gasteiger partial charge in [-0.3, -0.25) is 0 Å². The van der Waals surface area contributed by atoms with E-state index in [9.17, 15) is 5.11 Å². The Bertz CT molecular complexity index is 424. The van der Waals surface area contributed by atoms with E-state index >= 15 is 0 Å². The van der Waals surface area contributed by atoms with Gasteiger partial charge in [0.2, 0.25) is 0 Å². The van der Waals surface area contributed by atoms with Crippen molar-refractivity contribution in [3.63, 3.8) is 0 Å². The highest BCUT2D eigenvalue weighted by atomic mass is 16.3. The second-order valence-electron chi connectivity index (χ2n) is 5.96. The lowest BCUT2D eigenvalue weighted by molar-refractivity contribution is 0.125. The van der Waals surface area contributed by atoms with Crippen LogP contribution in [0.3, 0.4) is 0 Å². The maximum Gasteiger partial charge on any atom is 0.106 e. The lowest BCUT2D eigenvalue weighted by Gasteiger charge is -2.18. The Morgan fingerprint density at radius 1 is 1.22 bits per heavy atom. The van der Waals surface area contributed by atoms with Gasteiger partial charge in [0.25, 0.3) is 0 Å². The van der Waals surface area contributed by atoms with Crippen molar-refractivity contribution in [1.29, 1.82) is 0 Å². The molecule has 0 aromatic carbocycles. The molecule has 2 unspecified atom stereocenters. The van der Waals surface area contributed by atoms with Gasteiger partial charge in [-0.1, -0.05) is 6.42 Å². The number of aryl methyl sites for hydroxylation is 2. The second-order valence-corrected chi connectivity index (χ2v) is 5.96. The predicted octanol–water partition coefficient (Wildman–Crippen LogP) is 2.62. The number of aromatic nitrogens is 2. The summed E-state index contributed by atoms with van der Waals surface area (Å²) >= 11 is 0. The standard InChI is InChI=1S/C15H24N2O/c1-11-16-13-6-2-3-7-14(13)17(11)10-9-12-5-4-8-15(12)18/h12,15,18H,2-10H2,1H3. The highest BCUT2D eigenvalue weighted by Crippen LogP contribution is 2.30. The van der Waals surface area contributed by atoms with Crippen LogP contribution in [0.2, 0.25) is 0 Å². The predicted molar refractivity (Wildman–Crippen MR) is 71.6 cm³/mol. The molecule has 1 heterocycles. The van der Waals surface area contributed by atoms with Gasteiger partial charge in [0.05, 0.1) is 11.8 Å². The minimum Gasteiger partial charge on any atom is -0.393 e. The first-order valence-electron chi connectivity index (χ1n) is 7.48. The van der Waals surface area contributed by atoms with Crippen molar-refractivity contribution in [3.05, 3.63) is 17.2 Å². The Labute approximate surface area is 109 Å². The average Bonchev–Trinajstić information content (AvgIpc) is 2.90. The molecule has 0 aliphatic heterocycles.